The fourth-order valence-corrected chi connectivity index (χ4v) is 2.99. The lowest BCUT2D eigenvalue weighted by atomic mass is 9.96. The van der Waals surface area contributed by atoms with Crippen molar-refractivity contribution >= 4 is 21.4 Å². The van der Waals surface area contributed by atoms with E-state index in [0.717, 1.165) is 32.2 Å². The monoisotopic (exact) mass is 296 g/mol. The summed E-state index contributed by atoms with van der Waals surface area (Å²) in [7, 11) is -3.19. The summed E-state index contributed by atoms with van der Waals surface area (Å²) >= 11 is 0. The fraction of sp³-hybridized carbons (Fsp3) is 0.500. The summed E-state index contributed by atoms with van der Waals surface area (Å²) < 4.78 is 22.7. The molecule has 0 radical (unpaired) electrons. The topological polar surface area (TPSA) is 75.3 Å². The van der Waals surface area contributed by atoms with Gasteiger partial charge in [-0.2, -0.15) is 0 Å². The minimum atomic E-state index is -3.19. The zero-order valence-electron chi connectivity index (χ0n) is 11.6. The summed E-state index contributed by atoms with van der Waals surface area (Å²) in [6.45, 7) is 1.92. The summed E-state index contributed by atoms with van der Waals surface area (Å²) in [4.78, 5) is 12.2. The van der Waals surface area contributed by atoms with Crippen LogP contribution in [0.5, 0.6) is 0 Å². The summed E-state index contributed by atoms with van der Waals surface area (Å²) in [5.74, 6) is 0.366. The van der Waals surface area contributed by atoms with E-state index in [1.54, 1.807) is 12.1 Å². The number of rotatable bonds is 4. The van der Waals surface area contributed by atoms with Crippen molar-refractivity contribution < 1.29 is 13.2 Å². The molecule has 2 N–H and O–H groups in total. The zero-order chi connectivity index (χ0) is 14.6. The van der Waals surface area contributed by atoms with Crippen LogP contribution in [0.15, 0.2) is 29.2 Å². The van der Waals surface area contributed by atoms with E-state index in [-0.39, 0.29) is 10.8 Å². The van der Waals surface area contributed by atoms with Crippen LogP contribution in [0, 0.1) is 5.92 Å². The third-order valence-electron chi connectivity index (χ3n) is 3.44. The van der Waals surface area contributed by atoms with Crippen LogP contribution in [0.4, 0.5) is 5.69 Å². The standard InChI is InChI=1S/C14H20N2O3S/c1-20(18,19)13-6-4-12(5-7-13)16-14(17)9-11-3-2-8-15-10-11/h4-7,11,15H,2-3,8-10H2,1H3,(H,16,17). The van der Waals surface area contributed by atoms with Gasteiger partial charge in [0.2, 0.25) is 5.91 Å². The Balaban J connectivity index is 1.91. The van der Waals surface area contributed by atoms with Gasteiger partial charge in [0.25, 0.3) is 0 Å². The van der Waals surface area contributed by atoms with E-state index in [4.69, 9.17) is 0 Å². The van der Waals surface area contributed by atoms with Gasteiger partial charge in [0, 0.05) is 18.4 Å². The van der Waals surface area contributed by atoms with E-state index in [1.807, 2.05) is 0 Å². The highest BCUT2D eigenvalue weighted by Gasteiger charge is 2.16. The van der Waals surface area contributed by atoms with Crippen LogP contribution in [0.1, 0.15) is 19.3 Å². The Morgan fingerprint density at radius 2 is 2.05 bits per heavy atom. The van der Waals surface area contributed by atoms with Crippen LogP contribution >= 0.6 is 0 Å². The Hall–Kier alpha value is -1.40. The Kier molecular flexibility index (Phi) is 4.77. The lowest BCUT2D eigenvalue weighted by Crippen LogP contribution is -2.32. The lowest BCUT2D eigenvalue weighted by Gasteiger charge is -2.22. The fourth-order valence-electron chi connectivity index (χ4n) is 2.36. The Morgan fingerprint density at radius 1 is 1.35 bits per heavy atom. The number of hydrogen-bond donors (Lipinski definition) is 2. The van der Waals surface area contributed by atoms with E-state index >= 15 is 0 Å². The molecule has 2 rings (SSSR count). The number of benzene rings is 1. The first-order valence-corrected chi connectivity index (χ1v) is 8.65. The first-order chi connectivity index (χ1) is 9.45. The molecule has 110 valence electrons. The molecule has 1 aliphatic rings. The number of carbonyl (C=O) groups excluding carboxylic acids is 1. The Labute approximate surface area is 119 Å². The molecule has 1 fully saturated rings. The molecule has 1 aromatic rings. The van der Waals surface area contributed by atoms with Gasteiger partial charge >= 0.3 is 0 Å². The van der Waals surface area contributed by atoms with Crippen molar-refractivity contribution in [3.63, 3.8) is 0 Å². The first kappa shape index (κ1) is 15.0. The normalized spacial score (nSPS) is 19.6. The van der Waals surface area contributed by atoms with Crippen LogP contribution in [0.25, 0.3) is 0 Å². The number of piperidine rings is 1. The third kappa shape index (κ3) is 4.31. The molecular formula is C14H20N2O3S. The van der Waals surface area contributed by atoms with Crippen molar-refractivity contribution in [1.82, 2.24) is 5.32 Å². The maximum absolute atomic E-state index is 11.9. The summed E-state index contributed by atoms with van der Waals surface area (Å²) in [6, 6.07) is 6.25. The molecular weight excluding hydrogens is 276 g/mol. The van der Waals surface area contributed by atoms with Gasteiger partial charge in [0.05, 0.1) is 4.90 Å². The summed E-state index contributed by atoms with van der Waals surface area (Å²) in [5.41, 5.74) is 0.631. The number of amides is 1. The molecule has 5 nitrogen and oxygen atoms in total. The summed E-state index contributed by atoms with van der Waals surface area (Å²) in [6.07, 6.45) is 3.85. The van der Waals surface area contributed by atoms with Crippen molar-refractivity contribution in [2.24, 2.45) is 5.92 Å². The molecule has 1 heterocycles. The van der Waals surface area contributed by atoms with E-state index in [1.165, 1.54) is 12.1 Å². The van der Waals surface area contributed by atoms with Crippen LogP contribution < -0.4 is 10.6 Å². The average Bonchev–Trinajstić information content (AvgIpc) is 2.39. The van der Waals surface area contributed by atoms with Gasteiger partial charge in [-0.3, -0.25) is 4.79 Å². The Bertz CT molecular complexity index is 561. The van der Waals surface area contributed by atoms with Crippen molar-refractivity contribution in [1.29, 1.82) is 0 Å². The van der Waals surface area contributed by atoms with E-state index in [0.29, 0.717) is 18.0 Å². The van der Waals surface area contributed by atoms with Crippen LogP contribution in [-0.2, 0) is 14.6 Å². The quantitative estimate of drug-likeness (QED) is 0.881. The second-order valence-electron chi connectivity index (χ2n) is 5.26. The molecule has 0 bridgehead atoms. The number of sulfone groups is 1. The molecule has 0 spiro atoms. The van der Waals surface area contributed by atoms with Gasteiger partial charge in [-0.05, 0) is 56.1 Å². The maximum Gasteiger partial charge on any atom is 0.224 e. The van der Waals surface area contributed by atoms with E-state index in [9.17, 15) is 13.2 Å². The Morgan fingerprint density at radius 3 is 2.60 bits per heavy atom. The minimum Gasteiger partial charge on any atom is -0.326 e. The predicted octanol–water partition coefficient (Wildman–Crippen LogP) is 1.42. The number of carbonyl (C=O) groups is 1. The number of anilines is 1. The molecule has 0 aliphatic carbocycles. The van der Waals surface area contributed by atoms with Gasteiger partial charge in [-0.25, -0.2) is 8.42 Å². The molecule has 0 aromatic heterocycles. The SMILES string of the molecule is CS(=O)(=O)c1ccc(NC(=O)CC2CCCNC2)cc1. The second kappa shape index (κ2) is 6.37. The van der Waals surface area contributed by atoms with Crippen LogP contribution in [0.2, 0.25) is 0 Å². The predicted molar refractivity (Wildman–Crippen MR) is 78.4 cm³/mol. The maximum atomic E-state index is 11.9. The highest BCUT2D eigenvalue weighted by Crippen LogP contribution is 2.17. The molecule has 1 atom stereocenters. The van der Waals surface area contributed by atoms with Gasteiger partial charge in [-0.15, -0.1) is 0 Å². The van der Waals surface area contributed by atoms with Crippen molar-refractivity contribution in [2.75, 3.05) is 24.7 Å². The van der Waals surface area contributed by atoms with E-state index in [2.05, 4.69) is 10.6 Å². The molecule has 6 heteroatoms. The molecule has 0 saturated carbocycles. The molecule has 1 aromatic carbocycles. The number of hydrogen-bond acceptors (Lipinski definition) is 4. The first-order valence-electron chi connectivity index (χ1n) is 6.76. The third-order valence-corrected chi connectivity index (χ3v) is 4.57. The minimum absolute atomic E-state index is 0.0224. The summed E-state index contributed by atoms with van der Waals surface area (Å²) in [5, 5.41) is 6.09. The molecule has 1 saturated heterocycles. The van der Waals surface area contributed by atoms with Gasteiger partial charge < -0.3 is 10.6 Å². The highest BCUT2D eigenvalue weighted by atomic mass is 32.2. The lowest BCUT2D eigenvalue weighted by molar-refractivity contribution is -0.117. The van der Waals surface area contributed by atoms with Gasteiger partial charge in [0.1, 0.15) is 0 Å². The highest BCUT2D eigenvalue weighted by molar-refractivity contribution is 7.90. The number of nitrogens with one attached hydrogen (secondary N) is 2. The van der Waals surface area contributed by atoms with Crippen LogP contribution in [-0.4, -0.2) is 33.7 Å². The van der Waals surface area contributed by atoms with Gasteiger partial charge in [0.15, 0.2) is 9.84 Å². The van der Waals surface area contributed by atoms with Crippen molar-refractivity contribution in [3.8, 4) is 0 Å². The largest absolute Gasteiger partial charge is 0.326 e. The molecule has 1 unspecified atom stereocenters. The molecule has 1 amide bonds. The zero-order valence-corrected chi connectivity index (χ0v) is 12.4. The average molecular weight is 296 g/mol. The molecule has 20 heavy (non-hydrogen) atoms. The smallest absolute Gasteiger partial charge is 0.224 e. The van der Waals surface area contributed by atoms with Crippen LogP contribution in [0.3, 0.4) is 0 Å². The van der Waals surface area contributed by atoms with Crippen molar-refractivity contribution in [3.05, 3.63) is 24.3 Å². The van der Waals surface area contributed by atoms with Crippen molar-refractivity contribution in [2.45, 2.75) is 24.2 Å². The molecule has 1 aliphatic heterocycles. The van der Waals surface area contributed by atoms with Gasteiger partial charge in [-0.1, -0.05) is 0 Å². The second-order valence-corrected chi connectivity index (χ2v) is 7.28. The van der Waals surface area contributed by atoms with E-state index < -0.39 is 9.84 Å².